The molecule has 0 bridgehead atoms. The van der Waals surface area contributed by atoms with E-state index in [0.29, 0.717) is 5.69 Å². The summed E-state index contributed by atoms with van der Waals surface area (Å²) >= 11 is 1.54. The predicted octanol–water partition coefficient (Wildman–Crippen LogP) is 4.12. The van der Waals surface area contributed by atoms with Gasteiger partial charge in [-0.15, -0.1) is 0 Å². The van der Waals surface area contributed by atoms with E-state index in [0.717, 1.165) is 10.1 Å². The van der Waals surface area contributed by atoms with Gasteiger partial charge in [0, 0.05) is 30.0 Å². The molecule has 3 rings (SSSR count). The van der Waals surface area contributed by atoms with Crippen molar-refractivity contribution in [3.05, 3.63) is 66.7 Å². The number of nitrogens with zero attached hydrogens (tertiary/aromatic N) is 2. The van der Waals surface area contributed by atoms with Crippen LogP contribution in [0.4, 0.5) is 10.1 Å². The number of nitrogens with one attached hydrogen (secondary N) is 1. The second-order valence-electron chi connectivity index (χ2n) is 5.52. The highest BCUT2D eigenvalue weighted by Gasteiger charge is 2.07. The van der Waals surface area contributed by atoms with Crippen molar-refractivity contribution in [3.63, 3.8) is 0 Å². The van der Waals surface area contributed by atoms with Crippen molar-refractivity contribution in [2.45, 2.75) is 16.5 Å². The third-order valence-corrected chi connectivity index (χ3v) is 4.63. The van der Waals surface area contributed by atoms with Gasteiger partial charge in [0.15, 0.2) is 16.7 Å². The Morgan fingerprint density at radius 3 is 2.69 bits per heavy atom. The molecule has 2 aromatic carbocycles. The van der Waals surface area contributed by atoms with Gasteiger partial charge < -0.3 is 14.6 Å². The van der Waals surface area contributed by atoms with Crippen LogP contribution < -0.4 is 10.1 Å². The fraction of sp³-hybridized carbons (Fsp3) is 0.158. The minimum absolute atomic E-state index is 0.111. The van der Waals surface area contributed by atoms with Crippen molar-refractivity contribution in [3.8, 4) is 5.75 Å². The summed E-state index contributed by atoms with van der Waals surface area (Å²) in [5.74, 6) is -0.476. The maximum Gasteiger partial charge on any atom is 0.227 e. The first-order chi connectivity index (χ1) is 12.6. The Morgan fingerprint density at radius 2 is 2.00 bits per heavy atom. The summed E-state index contributed by atoms with van der Waals surface area (Å²) in [5, 5.41) is 3.69. The second kappa shape index (κ2) is 8.53. The van der Waals surface area contributed by atoms with Crippen molar-refractivity contribution >= 4 is 23.4 Å². The third-order valence-electron chi connectivity index (χ3n) is 3.55. The third kappa shape index (κ3) is 4.86. The molecule has 1 N–H and O–H groups in total. The van der Waals surface area contributed by atoms with Crippen LogP contribution >= 0.6 is 11.8 Å². The lowest BCUT2D eigenvalue weighted by atomic mass is 10.3. The molecule has 26 heavy (non-hydrogen) atoms. The number of amides is 1. The van der Waals surface area contributed by atoms with Crippen molar-refractivity contribution in [1.29, 1.82) is 0 Å². The Balaban J connectivity index is 1.47. The van der Waals surface area contributed by atoms with Crippen LogP contribution in [-0.2, 0) is 11.8 Å². The summed E-state index contributed by atoms with van der Waals surface area (Å²) in [6, 6.07) is 13.6. The molecular formula is C19H18FN3O2S. The minimum atomic E-state index is -0.436. The molecule has 0 saturated heterocycles. The Labute approximate surface area is 155 Å². The van der Waals surface area contributed by atoms with Crippen LogP contribution in [0.5, 0.6) is 5.75 Å². The number of hydrogen-bond acceptors (Lipinski definition) is 4. The van der Waals surface area contributed by atoms with E-state index in [2.05, 4.69) is 10.3 Å². The van der Waals surface area contributed by atoms with Crippen LogP contribution in [0.1, 0.15) is 6.42 Å². The highest BCUT2D eigenvalue weighted by Crippen LogP contribution is 2.26. The molecule has 0 aliphatic rings. The Hall–Kier alpha value is -2.80. The highest BCUT2D eigenvalue weighted by atomic mass is 32.2. The molecule has 0 atom stereocenters. The average molecular weight is 371 g/mol. The summed E-state index contributed by atoms with van der Waals surface area (Å²) in [5.41, 5.74) is 0.699. The van der Waals surface area contributed by atoms with Crippen molar-refractivity contribution in [2.75, 3.05) is 11.9 Å². The van der Waals surface area contributed by atoms with Crippen LogP contribution in [0, 0.1) is 5.82 Å². The molecule has 1 amide bonds. The first-order valence-corrected chi connectivity index (χ1v) is 8.86. The summed E-state index contributed by atoms with van der Waals surface area (Å²) < 4.78 is 20.7. The average Bonchev–Trinajstić information content (AvgIpc) is 3.03. The fourth-order valence-corrected chi connectivity index (χ4v) is 3.00. The van der Waals surface area contributed by atoms with Crippen LogP contribution in [-0.4, -0.2) is 22.1 Å². The topological polar surface area (TPSA) is 56.2 Å². The number of para-hydroxylation sites is 1. The molecule has 0 saturated carbocycles. The van der Waals surface area contributed by atoms with Gasteiger partial charge in [0.25, 0.3) is 0 Å². The summed E-state index contributed by atoms with van der Waals surface area (Å²) in [6.45, 7) is 0.111. The zero-order chi connectivity index (χ0) is 18.4. The molecule has 0 aliphatic carbocycles. The summed E-state index contributed by atoms with van der Waals surface area (Å²) in [6.07, 6.45) is 3.78. The van der Waals surface area contributed by atoms with Gasteiger partial charge in [-0.05, 0) is 36.4 Å². The smallest absolute Gasteiger partial charge is 0.227 e. The van der Waals surface area contributed by atoms with E-state index >= 15 is 0 Å². The minimum Gasteiger partial charge on any atom is -0.490 e. The summed E-state index contributed by atoms with van der Waals surface area (Å²) in [7, 11) is 1.94. The lowest BCUT2D eigenvalue weighted by Crippen LogP contribution is -2.15. The number of imidazole rings is 1. The number of halogens is 1. The second-order valence-corrected chi connectivity index (χ2v) is 6.56. The summed E-state index contributed by atoms with van der Waals surface area (Å²) in [4.78, 5) is 17.3. The van der Waals surface area contributed by atoms with Gasteiger partial charge in [-0.25, -0.2) is 9.37 Å². The van der Waals surface area contributed by atoms with Crippen LogP contribution in [0.3, 0.4) is 0 Å². The Morgan fingerprint density at radius 1 is 1.23 bits per heavy atom. The maximum absolute atomic E-state index is 13.4. The largest absolute Gasteiger partial charge is 0.490 e. The molecule has 134 valence electrons. The number of hydrogen-bond donors (Lipinski definition) is 1. The lowest BCUT2D eigenvalue weighted by Gasteiger charge is -2.08. The number of ether oxygens (including phenoxy) is 1. The van der Waals surface area contributed by atoms with Gasteiger partial charge in [-0.3, -0.25) is 4.79 Å². The van der Waals surface area contributed by atoms with Gasteiger partial charge in [-0.2, -0.15) is 0 Å². The number of rotatable bonds is 7. The normalized spacial score (nSPS) is 10.5. The predicted molar refractivity (Wildman–Crippen MR) is 98.9 cm³/mol. The van der Waals surface area contributed by atoms with E-state index < -0.39 is 5.82 Å². The maximum atomic E-state index is 13.4. The molecule has 0 unspecified atom stereocenters. The Bertz CT molecular complexity index is 881. The van der Waals surface area contributed by atoms with E-state index in [1.807, 2.05) is 42.1 Å². The monoisotopic (exact) mass is 371 g/mol. The first-order valence-electron chi connectivity index (χ1n) is 8.04. The van der Waals surface area contributed by atoms with E-state index in [1.165, 1.54) is 12.1 Å². The van der Waals surface area contributed by atoms with Gasteiger partial charge >= 0.3 is 0 Å². The molecular weight excluding hydrogens is 353 g/mol. The van der Waals surface area contributed by atoms with Crippen LogP contribution in [0.2, 0.25) is 0 Å². The first kappa shape index (κ1) is 18.0. The lowest BCUT2D eigenvalue weighted by molar-refractivity contribution is -0.116. The zero-order valence-corrected chi connectivity index (χ0v) is 15.0. The molecule has 0 radical (unpaired) electrons. The molecule has 0 fully saturated rings. The molecule has 7 heteroatoms. The molecule has 0 spiro atoms. The van der Waals surface area contributed by atoms with Crippen molar-refractivity contribution in [1.82, 2.24) is 9.55 Å². The molecule has 5 nitrogen and oxygen atoms in total. The number of benzene rings is 2. The number of carbonyl (C=O) groups excluding carboxylic acids is 1. The highest BCUT2D eigenvalue weighted by molar-refractivity contribution is 7.99. The number of aromatic nitrogens is 2. The standard InChI is InChI=1S/C19H18FN3O2S/c1-23-12-11-21-19(23)26-15-8-6-14(7-9-15)22-18(24)10-13-25-17-5-3-2-4-16(17)20/h2-9,11-12H,10,13H2,1H3,(H,22,24). The molecule has 1 aromatic heterocycles. The number of aryl methyl sites for hydroxylation is 1. The van der Waals surface area contributed by atoms with Gasteiger partial charge in [0.2, 0.25) is 5.91 Å². The van der Waals surface area contributed by atoms with Crippen molar-refractivity contribution in [2.24, 2.45) is 7.05 Å². The molecule has 0 aliphatic heterocycles. The van der Waals surface area contributed by atoms with Gasteiger partial charge in [0.1, 0.15) is 0 Å². The van der Waals surface area contributed by atoms with Crippen LogP contribution in [0.15, 0.2) is 71.0 Å². The van der Waals surface area contributed by atoms with Gasteiger partial charge in [0.05, 0.1) is 13.0 Å². The molecule has 3 aromatic rings. The van der Waals surface area contributed by atoms with E-state index in [1.54, 1.807) is 30.1 Å². The zero-order valence-electron chi connectivity index (χ0n) is 14.2. The Kier molecular flexibility index (Phi) is 5.91. The van der Waals surface area contributed by atoms with E-state index in [-0.39, 0.29) is 24.7 Å². The van der Waals surface area contributed by atoms with Gasteiger partial charge in [-0.1, -0.05) is 23.9 Å². The number of anilines is 1. The fourth-order valence-electron chi connectivity index (χ4n) is 2.20. The SMILES string of the molecule is Cn1ccnc1Sc1ccc(NC(=O)CCOc2ccccc2F)cc1. The quantitative estimate of drug-likeness (QED) is 0.679. The van der Waals surface area contributed by atoms with E-state index in [9.17, 15) is 9.18 Å². The number of carbonyl (C=O) groups is 1. The van der Waals surface area contributed by atoms with Crippen LogP contribution in [0.25, 0.3) is 0 Å². The van der Waals surface area contributed by atoms with Crippen molar-refractivity contribution < 1.29 is 13.9 Å². The molecule has 1 heterocycles. The van der Waals surface area contributed by atoms with E-state index in [4.69, 9.17) is 4.74 Å².